The summed E-state index contributed by atoms with van der Waals surface area (Å²) in [5.74, 6) is 3.79. The molecule has 4 atom stereocenters. The molecule has 0 spiro atoms. The molecule has 4 nitrogen and oxygen atoms in total. The van der Waals surface area contributed by atoms with Gasteiger partial charge in [-0.3, -0.25) is 4.90 Å². The average Bonchev–Trinajstić information content (AvgIpc) is 3.15. The Bertz CT molecular complexity index is 812. The normalized spacial score (nSPS) is 28.8. The van der Waals surface area contributed by atoms with Crippen LogP contribution in [0.3, 0.4) is 0 Å². The van der Waals surface area contributed by atoms with Gasteiger partial charge in [-0.2, -0.15) is 0 Å². The summed E-state index contributed by atoms with van der Waals surface area (Å²) >= 11 is 0. The number of halogens is 1. The van der Waals surface area contributed by atoms with Gasteiger partial charge in [0.25, 0.3) is 0 Å². The number of nitrogens with zero attached hydrogens (tertiary/aromatic N) is 1. The number of hydrogen-bond acceptors (Lipinski definition) is 4. The summed E-state index contributed by atoms with van der Waals surface area (Å²) in [6, 6.07) is 14.7. The number of hydrogen-bond donors (Lipinski definition) is 0. The van der Waals surface area contributed by atoms with E-state index in [1.807, 2.05) is 24.3 Å². The summed E-state index contributed by atoms with van der Waals surface area (Å²) in [5, 5.41) is 0. The summed E-state index contributed by atoms with van der Waals surface area (Å²) in [6.45, 7) is 1.69. The van der Waals surface area contributed by atoms with Gasteiger partial charge in [0.2, 0.25) is 0 Å². The van der Waals surface area contributed by atoms with Crippen molar-refractivity contribution < 1.29 is 14.2 Å². The number of rotatable bonds is 2. The molecule has 3 unspecified atom stereocenters. The molecular weight excluding hydrogens is 350 g/mol. The second kappa shape index (κ2) is 6.67. The maximum Gasteiger partial charge on any atom is 0.161 e. The molecule has 0 amide bonds. The number of benzene rings is 2. The smallest absolute Gasteiger partial charge is 0.161 e. The number of fused-ring (bicyclic) bond motifs is 4. The van der Waals surface area contributed by atoms with E-state index in [0.29, 0.717) is 24.5 Å². The van der Waals surface area contributed by atoms with Crippen molar-refractivity contribution in [1.82, 2.24) is 4.90 Å². The summed E-state index contributed by atoms with van der Waals surface area (Å²) < 4.78 is 18.1. The van der Waals surface area contributed by atoms with Gasteiger partial charge < -0.3 is 14.2 Å². The third-order valence-corrected chi connectivity index (χ3v) is 6.01. The van der Waals surface area contributed by atoms with E-state index < -0.39 is 0 Å². The molecule has 0 saturated carbocycles. The zero-order valence-electron chi connectivity index (χ0n) is 15.1. The van der Waals surface area contributed by atoms with Crippen LogP contribution in [-0.2, 0) is 6.42 Å². The minimum absolute atomic E-state index is 0. The zero-order valence-corrected chi connectivity index (χ0v) is 15.9. The second-order valence-electron chi connectivity index (χ2n) is 7.37. The van der Waals surface area contributed by atoms with Crippen LogP contribution in [0.15, 0.2) is 42.5 Å². The zero-order chi connectivity index (χ0) is 17.0. The summed E-state index contributed by atoms with van der Waals surface area (Å²) in [5.41, 5.74) is 2.82. The quantitative estimate of drug-likeness (QED) is 0.805. The molecule has 2 heterocycles. The molecule has 1 fully saturated rings. The molecule has 138 valence electrons. The van der Waals surface area contributed by atoms with Gasteiger partial charge in [0, 0.05) is 18.0 Å². The van der Waals surface area contributed by atoms with Gasteiger partial charge in [0.15, 0.2) is 11.5 Å². The monoisotopic (exact) mass is 373 g/mol. The van der Waals surface area contributed by atoms with E-state index in [4.69, 9.17) is 14.2 Å². The first-order valence-corrected chi connectivity index (χ1v) is 9.00. The molecule has 0 N–H and O–H groups in total. The fourth-order valence-electron chi connectivity index (χ4n) is 5.08. The Hall–Kier alpha value is -1.91. The number of para-hydroxylation sites is 2. The minimum Gasteiger partial charge on any atom is -0.496 e. The van der Waals surface area contributed by atoms with Crippen LogP contribution in [0.2, 0.25) is 0 Å². The van der Waals surface area contributed by atoms with Gasteiger partial charge in [-0.05, 0) is 43.1 Å². The Morgan fingerprint density at radius 1 is 1.08 bits per heavy atom. The molecule has 2 aromatic carbocycles. The van der Waals surface area contributed by atoms with E-state index in [1.165, 1.54) is 11.1 Å². The van der Waals surface area contributed by atoms with Crippen LogP contribution in [0.4, 0.5) is 0 Å². The van der Waals surface area contributed by atoms with Crippen molar-refractivity contribution >= 4 is 12.4 Å². The second-order valence-corrected chi connectivity index (χ2v) is 7.37. The van der Waals surface area contributed by atoms with Crippen molar-refractivity contribution in [3.8, 4) is 17.2 Å². The van der Waals surface area contributed by atoms with Crippen LogP contribution in [0.5, 0.6) is 17.2 Å². The van der Waals surface area contributed by atoms with Crippen molar-refractivity contribution in [2.45, 2.75) is 24.5 Å². The standard InChI is InChI=1S/C21H23NO3.ClH/c1-22-11-14-10-13-6-5-9-17(23-2)19(13)20(14)21(22)18-12-24-15-7-3-4-8-16(15)25-18;/h3-9,14,18,20-21H,10-12H2,1-2H3;1H/t14?,18-,20?,21?;/m1./s1. The van der Waals surface area contributed by atoms with Crippen LogP contribution in [0, 0.1) is 5.92 Å². The van der Waals surface area contributed by atoms with Gasteiger partial charge >= 0.3 is 0 Å². The van der Waals surface area contributed by atoms with Gasteiger partial charge in [-0.1, -0.05) is 24.3 Å². The highest BCUT2D eigenvalue weighted by atomic mass is 35.5. The molecule has 2 aromatic rings. The lowest BCUT2D eigenvalue weighted by Crippen LogP contribution is -2.47. The predicted molar refractivity (Wildman–Crippen MR) is 103 cm³/mol. The maximum atomic E-state index is 6.38. The fraction of sp³-hybridized carbons (Fsp3) is 0.429. The molecular formula is C21H24ClNO3. The number of ether oxygens (including phenoxy) is 3. The van der Waals surface area contributed by atoms with Crippen LogP contribution in [0.25, 0.3) is 0 Å². The van der Waals surface area contributed by atoms with Crippen LogP contribution < -0.4 is 14.2 Å². The molecule has 26 heavy (non-hydrogen) atoms. The van der Waals surface area contributed by atoms with E-state index in [-0.39, 0.29) is 18.5 Å². The highest BCUT2D eigenvalue weighted by Crippen LogP contribution is 2.51. The molecule has 0 aromatic heterocycles. The van der Waals surface area contributed by atoms with Crippen molar-refractivity contribution in [2.24, 2.45) is 5.92 Å². The SMILES string of the molecule is COc1cccc2c1C1C(C2)CN(C)C1[C@H]1COc2ccccc2O1.Cl. The van der Waals surface area contributed by atoms with Crippen molar-refractivity contribution in [3.63, 3.8) is 0 Å². The van der Waals surface area contributed by atoms with Gasteiger partial charge in [-0.15, -0.1) is 12.4 Å². The first-order chi connectivity index (χ1) is 12.3. The fourth-order valence-corrected chi connectivity index (χ4v) is 5.08. The summed E-state index contributed by atoms with van der Waals surface area (Å²) in [7, 11) is 3.98. The highest BCUT2D eigenvalue weighted by molar-refractivity contribution is 5.85. The van der Waals surface area contributed by atoms with E-state index in [0.717, 1.165) is 30.2 Å². The van der Waals surface area contributed by atoms with E-state index in [1.54, 1.807) is 7.11 Å². The summed E-state index contributed by atoms with van der Waals surface area (Å²) in [6.07, 6.45) is 1.16. The number of likely N-dealkylation sites (N-methyl/N-ethyl adjacent to an activating group) is 1. The molecule has 3 aliphatic rings. The molecule has 5 rings (SSSR count). The third kappa shape index (κ3) is 2.55. The first kappa shape index (κ1) is 17.5. The number of likely N-dealkylation sites (tertiary alicyclic amines) is 1. The molecule has 1 aliphatic carbocycles. The molecule has 0 radical (unpaired) electrons. The molecule has 2 aliphatic heterocycles. The van der Waals surface area contributed by atoms with E-state index in [2.05, 4.69) is 30.1 Å². The lowest BCUT2D eigenvalue weighted by Gasteiger charge is -2.36. The Morgan fingerprint density at radius 2 is 1.88 bits per heavy atom. The molecule has 0 bridgehead atoms. The van der Waals surface area contributed by atoms with Gasteiger partial charge in [0.05, 0.1) is 13.2 Å². The number of methoxy groups -OCH3 is 1. The molecule has 1 saturated heterocycles. The average molecular weight is 374 g/mol. The van der Waals surface area contributed by atoms with E-state index >= 15 is 0 Å². The van der Waals surface area contributed by atoms with Crippen LogP contribution in [-0.4, -0.2) is 44.4 Å². The van der Waals surface area contributed by atoms with E-state index in [9.17, 15) is 0 Å². The Balaban J connectivity index is 0.00000168. The topological polar surface area (TPSA) is 30.9 Å². The van der Waals surface area contributed by atoms with Gasteiger partial charge in [-0.25, -0.2) is 0 Å². The van der Waals surface area contributed by atoms with Crippen molar-refractivity contribution in [1.29, 1.82) is 0 Å². The van der Waals surface area contributed by atoms with Crippen molar-refractivity contribution in [3.05, 3.63) is 53.6 Å². The Labute approximate surface area is 160 Å². The predicted octanol–water partition coefficient (Wildman–Crippen LogP) is 3.53. The Morgan fingerprint density at radius 3 is 2.69 bits per heavy atom. The lowest BCUT2D eigenvalue weighted by atomic mass is 9.86. The maximum absolute atomic E-state index is 6.38. The first-order valence-electron chi connectivity index (χ1n) is 9.00. The highest BCUT2D eigenvalue weighted by Gasteiger charge is 2.51. The van der Waals surface area contributed by atoms with Crippen LogP contribution >= 0.6 is 12.4 Å². The summed E-state index contributed by atoms with van der Waals surface area (Å²) in [4.78, 5) is 2.45. The van der Waals surface area contributed by atoms with Gasteiger partial charge in [0.1, 0.15) is 18.5 Å². The largest absolute Gasteiger partial charge is 0.496 e. The van der Waals surface area contributed by atoms with Crippen molar-refractivity contribution in [2.75, 3.05) is 27.3 Å². The lowest BCUT2D eigenvalue weighted by molar-refractivity contribution is 0.0314. The Kier molecular flexibility index (Phi) is 4.49. The molecule has 5 heteroatoms. The third-order valence-electron chi connectivity index (χ3n) is 6.01. The van der Waals surface area contributed by atoms with Crippen LogP contribution in [0.1, 0.15) is 17.0 Å². The minimum atomic E-state index is 0.